The average molecular weight is 283 g/mol. The molecule has 0 saturated heterocycles. The van der Waals surface area contributed by atoms with Crippen molar-refractivity contribution in [3.63, 3.8) is 0 Å². The van der Waals surface area contributed by atoms with E-state index in [9.17, 15) is 9.59 Å². The van der Waals surface area contributed by atoms with Gasteiger partial charge in [-0.05, 0) is 29.8 Å². The zero-order valence-corrected chi connectivity index (χ0v) is 11.7. The minimum atomic E-state index is -0.209. The van der Waals surface area contributed by atoms with Crippen molar-refractivity contribution in [2.45, 2.75) is 13.5 Å². The molecule has 0 atom stereocenters. The van der Waals surface area contributed by atoms with Crippen molar-refractivity contribution >= 4 is 23.2 Å². The van der Waals surface area contributed by atoms with Crippen LogP contribution >= 0.6 is 0 Å². The highest BCUT2D eigenvalue weighted by atomic mass is 16.2. The van der Waals surface area contributed by atoms with E-state index < -0.39 is 0 Å². The van der Waals surface area contributed by atoms with Crippen LogP contribution in [0.15, 0.2) is 48.5 Å². The fourth-order valence-electron chi connectivity index (χ4n) is 1.89. The van der Waals surface area contributed by atoms with Crippen molar-refractivity contribution in [1.82, 2.24) is 5.32 Å². The Morgan fingerprint density at radius 2 is 1.71 bits per heavy atom. The number of rotatable bonds is 4. The van der Waals surface area contributed by atoms with Crippen molar-refractivity contribution in [3.8, 4) is 0 Å². The van der Waals surface area contributed by atoms with Gasteiger partial charge in [0.15, 0.2) is 0 Å². The van der Waals surface area contributed by atoms with E-state index in [0.717, 1.165) is 11.3 Å². The standard InChI is InChI=1S/C16H17N3O2/c1-11(20)19-13-8-6-12(7-9-13)10-18-16(21)14-4-2-3-5-15(14)17/h2-9H,10,17H2,1H3,(H,18,21)(H,19,20). The van der Waals surface area contributed by atoms with Crippen LogP contribution in [0.4, 0.5) is 11.4 Å². The van der Waals surface area contributed by atoms with E-state index in [1.54, 1.807) is 36.4 Å². The van der Waals surface area contributed by atoms with Gasteiger partial charge in [0.2, 0.25) is 5.91 Å². The summed E-state index contributed by atoms with van der Waals surface area (Å²) in [5.41, 5.74) is 8.34. The minimum absolute atomic E-state index is 0.115. The number of hydrogen-bond donors (Lipinski definition) is 3. The van der Waals surface area contributed by atoms with E-state index in [1.807, 2.05) is 12.1 Å². The fourth-order valence-corrected chi connectivity index (χ4v) is 1.89. The number of para-hydroxylation sites is 1. The lowest BCUT2D eigenvalue weighted by molar-refractivity contribution is -0.114. The van der Waals surface area contributed by atoms with Gasteiger partial charge in [-0.15, -0.1) is 0 Å². The molecule has 21 heavy (non-hydrogen) atoms. The normalized spacial score (nSPS) is 9.95. The van der Waals surface area contributed by atoms with E-state index in [4.69, 9.17) is 5.73 Å². The third-order valence-electron chi connectivity index (χ3n) is 2.93. The summed E-state index contributed by atoms with van der Waals surface area (Å²) in [6.45, 7) is 1.85. The number of amides is 2. The van der Waals surface area contributed by atoms with Gasteiger partial charge in [0, 0.05) is 24.8 Å². The molecule has 2 aromatic carbocycles. The number of nitrogens with two attached hydrogens (primary N) is 1. The number of carbonyl (C=O) groups excluding carboxylic acids is 2. The summed E-state index contributed by atoms with van der Waals surface area (Å²) in [6.07, 6.45) is 0. The van der Waals surface area contributed by atoms with Gasteiger partial charge in [-0.2, -0.15) is 0 Å². The van der Waals surface area contributed by atoms with Gasteiger partial charge in [0.05, 0.1) is 5.56 Å². The zero-order valence-electron chi connectivity index (χ0n) is 11.7. The van der Waals surface area contributed by atoms with Crippen molar-refractivity contribution < 1.29 is 9.59 Å². The summed E-state index contributed by atoms with van der Waals surface area (Å²) in [6, 6.07) is 14.2. The first-order valence-corrected chi connectivity index (χ1v) is 6.55. The highest BCUT2D eigenvalue weighted by Gasteiger charge is 2.08. The van der Waals surface area contributed by atoms with Crippen LogP contribution in [-0.4, -0.2) is 11.8 Å². The first kappa shape index (κ1) is 14.6. The molecular weight excluding hydrogens is 266 g/mol. The lowest BCUT2D eigenvalue weighted by atomic mass is 10.1. The lowest BCUT2D eigenvalue weighted by Gasteiger charge is -2.08. The monoisotopic (exact) mass is 283 g/mol. The van der Waals surface area contributed by atoms with Gasteiger partial charge in [-0.1, -0.05) is 24.3 Å². The molecular formula is C16H17N3O2. The smallest absolute Gasteiger partial charge is 0.253 e. The van der Waals surface area contributed by atoms with Gasteiger partial charge >= 0.3 is 0 Å². The Morgan fingerprint density at radius 3 is 2.33 bits per heavy atom. The van der Waals surface area contributed by atoms with Gasteiger partial charge in [-0.25, -0.2) is 0 Å². The quantitative estimate of drug-likeness (QED) is 0.752. The molecule has 0 spiro atoms. The summed E-state index contributed by atoms with van der Waals surface area (Å²) in [4.78, 5) is 22.9. The first-order valence-electron chi connectivity index (χ1n) is 6.55. The number of anilines is 2. The van der Waals surface area contributed by atoms with E-state index in [0.29, 0.717) is 17.8 Å². The van der Waals surface area contributed by atoms with Crippen LogP contribution in [0.5, 0.6) is 0 Å². The molecule has 2 aromatic rings. The molecule has 4 N–H and O–H groups in total. The summed E-state index contributed by atoms with van der Waals surface area (Å²) in [5.74, 6) is -0.324. The molecule has 0 heterocycles. The van der Waals surface area contributed by atoms with E-state index in [-0.39, 0.29) is 11.8 Å². The second kappa shape index (κ2) is 6.56. The molecule has 0 unspecified atom stereocenters. The second-order valence-electron chi connectivity index (χ2n) is 4.65. The molecule has 0 aromatic heterocycles. The minimum Gasteiger partial charge on any atom is -0.398 e. The maximum Gasteiger partial charge on any atom is 0.253 e. The van der Waals surface area contributed by atoms with Gasteiger partial charge in [0.25, 0.3) is 5.91 Å². The van der Waals surface area contributed by atoms with Gasteiger partial charge < -0.3 is 16.4 Å². The van der Waals surface area contributed by atoms with Crippen LogP contribution in [0.1, 0.15) is 22.8 Å². The molecule has 2 amide bonds. The number of benzene rings is 2. The molecule has 0 aliphatic carbocycles. The molecule has 2 rings (SSSR count). The Labute approximate surface area is 123 Å². The van der Waals surface area contributed by atoms with Crippen LogP contribution in [0.2, 0.25) is 0 Å². The van der Waals surface area contributed by atoms with Crippen LogP contribution < -0.4 is 16.4 Å². The molecule has 0 bridgehead atoms. The predicted octanol–water partition coefficient (Wildman–Crippen LogP) is 2.16. The number of carbonyl (C=O) groups is 2. The zero-order chi connectivity index (χ0) is 15.2. The third-order valence-corrected chi connectivity index (χ3v) is 2.93. The Hall–Kier alpha value is -2.82. The highest BCUT2D eigenvalue weighted by molar-refractivity contribution is 5.99. The van der Waals surface area contributed by atoms with Gasteiger partial charge in [0.1, 0.15) is 0 Å². The average Bonchev–Trinajstić information content (AvgIpc) is 2.46. The molecule has 0 aliphatic rings. The summed E-state index contributed by atoms with van der Waals surface area (Å²) < 4.78 is 0. The van der Waals surface area contributed by atoms with E-state index in [2.05, 4.69) is 10.6 Å². The maximum atomic E-state index is 12.0. The lowest BCUT2D eigenvalue weighted by Crippen LogP contribution is -2.23. The second-order valence-corrected chi connectivity index (χ2v) is 4.65. The molecule has 0 radical (unpaired) electrons. The Bertz CT molecular complexity index is 651. The van der Waals surface area contributed by atoms with Crippen LogP contribution in [0.25, 0.3) is 0 Å². The first-order chi connectivity index (χ1) is 10.1. The maximum absolute atomic E-state index is 12.0. The molecule has 0 saturated carbocycles. The SMILES string of the molecule is CC(=O)Nc1ccc(CNC(=O)c2ccccc2N)cc1. The van der Waals surface area contributed by atoms with Crippen LogP contribution in [0.3, 0.4) is 0 Å². The van der Waals surface area contributed by atoms with E-state index >= 15 is 0 Å². The van der Waals surface area contributed by atoms with Gasteiger partial charge in [-0.3, -0.25) is 9.59 Å². The molecule has 0 fully saturated rings. The number of nitrogen functional groups attached to an aromatic ring is 1. The molecule has 5 heteroatoms. The Balaban J connectivity index is 1.95. The summed E-state index contributed by atoms with van der Waals surface area (Å²) >= 11 is 0. The number of hydrogen-bond acceptors (Lipinski definition) is 3. The van der Waals surface area contributed by atoms with Crippen molar-refractivity contribution in [3.05, 3.63) is 59.7 Å². The van der Waals surface area contributed by atoms with Crippen LogP contribution in [-0.2, 0) is 11.3 Å². The Kier molecular flexibility index (Phi) is 4.56. The van der Waals surface area contributed by atoms with Crippen molar-refractivity contribution in [2.24, 2.45) is 0 Å². The fraction of sp³-hybridized carbons (Fsp3) is 0.125. The highest BCUT2D eigenvalue weighted by Crippen LogP contribution is 2.12. The third kappa shape index (κ3) is 4.07. The van der Waals surface area contributed by atoms with E-state index in [1.165, 1.54) is 6.92 Å². The molecule has 108 valence electrons. The molecule has 0 aliphatic heterocycles. The predicted molar refractivity (Wildman–Crippen MR) is 82.8 cm³/mol. The number of nitrogens with one attached hydrogen (secondary N) is 2. The topological polar surface area (TPSA) is 84.2 Å². The van der Waals surface area contributed by atoms with Crippen molar-refractivity contribution in [2.75, 3.05) is 11.1 Å². The Morgan fingerprint density at radius 1 is 1.05 bits per heavy atom. The summed E-state index contributed by atoms with van der Waals surface area (Å²) in [5, 5.41) is 5.50. The largest absolute Gasteiger partial charge is 0.398 e. The van der Waals surface area contributed by atoms with Crippen molar-refractivity contribution in [1.29, 1.82) is 0 Å². The molecule has 5 nitrogen and oxygen atoms in total. The van der Waals surface area contributed by atoms with Crippen LogP contribution in [0, 0.1) is 0 Å². The summed E-state index contributed by atoms with van der Waals surface area (Å²) in [7, 11) is 0.